The van der Waals surface area contributed by atoms with E-state index in [1.807, 2.05) is 36.7 Å². The average molecular weight is 344 g/mol. The van der Waals surface area contributed by atoms with Gasteiger partial charge in [-0.1, -0.05) is 6.07 Å². The molecule has 1 heterocycles. The zero-order valence-corrected chi connectivity index (χ0v) is 16.0. The highest BCUT2D eigenvalue weighted by atomic mass is 16.5. The molecule has 0 aliphatic carbocycles. The number of rotatable bonds is 6. The van der Waals surface area contributed by atoms with Crippen LogP contribution in [0.5, 0.6) is 5.75 Å². The van der Waals surface area contributed by atoms with Gasteiger partial charge in [0.15, 0.2) is 0 Å². The Kier molecular flexibility index (Phi) is 6.07. The second-order valence-electron chi connectivity index (χ2n) is 6.27. The van der Waals surface area contributed by atoms with E-state index in [0.717, 1.165) is 24.2 Å². The second-order valence-corrected chi connectivity index (χ2v) is 6.27. The third kappa shape index (κ3) is 4.32. The highest BCUT2D eigenvalue weighted by Crippen LogP contribution is 2.25. The number of ether oxygens (including phenoxy) is 1. The minimum atomic E-state index is -0.151. The van der Waals surface area contributed by atoms with Crippen LogP contribution in [0.3, 0.4) is 0 Å². The predicted octanol–water partition coefficient (Wildman–Crippen LogP) is 3.54. The Labute approximate surface area is 149 Å². The van der Waals surface area contributed by atoms with Crippen LogP contribution in [0, 0.1) is 20.8 Å². The normalized spacial score (nSPS) is 10.6. The SMILES string of the molecule is CCn1nc(C)c(CCN(C)C(=O)Nc2cc(C)ccc2OC)c1C. The van der Waals surface area contributed by atoms with Crippen molar-refractivity contribution in [2.45, 2.75) is 40.7 Å². The van der Waals surface area contributed by atoms with Gasteiger partial charge < -0.3 is 15.0 Å². The number of amides is 2. The number of benzene rings is 1. The molecule has 2 aromatic rings. The topological polar surface area (TPSA) is 59.4 Å². The Hall–Kier alpha value is -2.50. The molecule has 1 aromatic heterocycles. The third-order valence-corrected chi connectivity index (χ3v) is 4.47. The number of methoxy groups -OCH3 is 1. The number of aryl methyl sites for hydroxylation is 3. The molecule has 0 atom stereocenters. The van der Waals surface area contributed by atoms with Crippen molar-refractivity contribution in [2.75, 3.05) is 26.0 Å². The Morgan fingerprint density at radius 1 is 1.32 bits per heavy atom. The number of nitrogens with zero attached hydrogens (tertiary/aromatic N) is 3. The molecule has 25 heavy (non-hydrogen) atoms. The Morgan fingerprint density at radius 2 is 2.04 bits per heavy atom. The number of nitrogens with one attached hydrogen (secondary N) is 1. The number of likely N-dealkylation sites (N-methyl/N-ethyl adjacent to an activating group) is 1. The molecule has 0 bridgehead atoms. The largest absolute Gasteiger partial charge is 0.495 e. The van der Waals surface area contributed by atoms with Crippen molar-refractivity contribution in [1.82, 2.24) is 14.7 Å². The van der Waals surface area contributed by atoms with Crippen molar-refractivity contribution >= 4 is 11.7 Å². The molecule has 2 amide bonds. The van der Waals surface area contributed by atoms with E-state index < -0.39 is 0 Å². The fraction of sp³-hybridized carbons (Fsp3) is 0.474. The first kappa shape index (κ1) is 18.8. The average Bonchev–Trinajstić information content (AvgIpc) is 2.86. The predicted molar refractivity (Wildman–Crippen MR) is 100 cm³/mol. The first-order valence-electron chi connectivity index (χ1n) is 8.57. The highest BCUT2D eigenvalue weighted by molar-refractivity contribution is 5.91. The summed E-state index contributed by atoms with van der Waals surface area (Å²) in [6, 6.07) is 5.57. The number of anilines is 1. The van der Waals surface area contributed by atoms with E-state index >= 15 is 0 Å². The minimum Gasteiger partial charge on any atom is -0.495 e. The zero-order chi connectivity index (χ0) is 18.6. The fourth-order valence-corrected chi connectivity index (χ4v) is 2.91. The van der Waals surface area contributed by atoms with Gasteiger partial charge in [-0.25, -0.2) is 4.79 Å². The van der Waals surface area contributed by atoms with E-state index in [-0.39, 0.29) is 6.03 Å². The van der Waals surface area contributed by atoms with Crippen LogP contribution in [-0.2, 0) is 13.0 Å². The van der Waals surface area contributed by atoms with Crippen LogP contribution in [0.1, 0.15) is 29.4 Å². The van der Waals surface area contributed by atoms with Gasteiger partial charge in [0.05, 0.1) is 18.5 Å². The van der Waals surface area contributed by atoms with Gasteiger partial charge in [-0.3, -0.25) is 4.68 Å². The molecule has 0 saturated heterocycles. The lowest BCUT2D eigenvalue weighted by atomic mass is 10.1. The molecule has 0 aliphatic rings. The Morgan fingerprint density at radius 3 is 2.64 bits per heavy atom. The van der Waals surface area contributed by atoms with Gasteiger partial charge >= 0.3 is 6.03 Å². The van der Waals surface area contributed by atoms with Crippen molar-refractivity contribution in [2.24, 2.45) is 0 Å². The molecular weight excluding hydrogens is 316 g/mol. The van der Waals surface area contributed by atoms with Crippen LogP contribution in [0.2, 0.25) is 0 Å². The summed E-state index contributed by atoms with van der Waals surface area (Å²) in [5, 5.41) is 7.46. The lowest BCUT2D eigenvalue weighted by Gasteiger charge is -2.19. The monoisotopic (exact) mass is 344 g/mol. The summed E-state index contributed by atoms with van der Waals surface area (Å²) in [7, 11) is 3.40. The van der Waals surface area contributed by atoms with E-state index in [1.165, 1.54) is 11.3 Å². The van der Waals surface area contributed by atoms with Crippen LogP contribution in [0.15, 0.2) is 18.2 Å². The van der Waals surface area contributed by atoms with Gasteiger partial charge in [-0.15, -0.1) is 0 Å². The van der Waals surface area contributed by atoms with E-state index in [2.05, 4.69) is 24.3 Å². The maximum absolute atomic E-state index is 12.5. The molecule has 0 saturated carbocycles. The Bertz CT molecular complexity index is 752. The van der Waals surface area contributed by atoms with Crippen molar-refractivity contribution in [1.29, 1.82) is 0 Å². The standard InChI is InChI=1S/C19H28N4O2/c1-7-23-15(4)16(14(3)21-23)10-11-22(5)19(24)20-17-12-13(2)8-9-18(17)25-6/h8-9,12H,7,10-11H2,1-6H3,(H,20,24). The molecule has 136 valence electrons. The number of carbonyl (C=O) groups excluding carboxylic acids is 1. The third-order valence-electron chi connectivity index (χ3n) is 4.47. The lowest BCUT2D eigenvalue weighted by molar-refractivity contribution is 0.223. The van der Waals surface area contributed by atoms with Crippen molar-refractivity contribution in [3.63, 3.8) is 0 Å². The van der Waals surface area contributed by atoms with Crippen LogP contribution in [0.4, 0.5) is 10.5 Å². The minimum absolute atomic E-state index is 0.151. The number of aromatic nitrogens is 2. The number of hydrogen-bond donors (Lipinski definition) is 1. The highest BCUT2D eigenvalue weighted by Gasteiger charge is 2.15. The molecule has 0 fully saturated rings. The molecule has 0 spiro atoms. The lowest BCUT2D eigenvalue weighted by Crippen LogP contribution is -2.33. The van der Waals surface area contributed by atoms with Gasteiger partial charge in [0.2, 0.25) is 0 Å². The van der Waals surface area contributed by atoms with Crippen LogP contribution < -0.4 is 10.1 Å². The second kappa shape index (κ2) is 8.05. The first-order valence-corrected chi connectivity index (χ1v) is 8.57. The maximum Gasteiger partial charge on any atom is 0.321 e. The van der Waals surface area contributed by atoms with E-state index in [4.69, 9.17) is 4.74 Å². The van der Waals surface area contributed by atoms with Gasteiger partial charge in [0, 0.05) is 25.8 Å². The summed E-state index contributed by atoms with van der Waals surface area (Å²) >= 11 is 0. The molecular formula is C19H28N4O2. The molecule has 0 radical (unpaired) electrons. The fourth-order valence-electron chi connectivity index (χ4n) is 2.91. The summed E-state index contributed by atoms with van der Waals surface area (Å²) in [5.74, 6) is 0.656. The smallest absolute Gasteiger partial charge is 0.321 e. The summed E-state index contributed by atoms with van der Waals surface area (Å²) in [6.45, 7) is 9.64. The molecule has 6 heteroatoms. The van der Waals surface area contributed by atoms with Gasteiger partial charge in [0.1, 0.15) is 5.75 Å². The zero-order valence-electron chi connectivity index (χ0n) is 16.0. The Balaban J connectivity index is 2.02. The quantitative estimate of drug-likeness (QED) is 0.872. The molecule has 1 aromatic carbocycles. The van der Waals surface area contributed by atoms with Crippen molar-refractivity contribution in [3.8, 4) is 5.75 Å². The molecule has 0 aliphatic heterocycles. The van der Waals surface area contributed by atoms with E-state index in [0.29, 0.717) is 18.0 Å². The first-order chi connectivity index (χ1) is 11.9. The summed E-state index contributed by atoms with van der Waals surface area (Å²) in [4.78, 5) is 14.2. The summed E-state index contributed by atoms with van der Waals surface area (Å²) in [6.07, 6.45) is 0.784. The van der Waals surface area contributed by atoms with E-state index in [9.17, 15) is 4.79 Å². The van der Waals surface area contributed by atoms with Crippen molar-refractivity contribution in [3.05, 3.63) is 40.7 Å². The van der Waals surface area contributed by atoms with Crippen LogP contribution in [0.25, 0.3) is 0 Å². The van der Waals surface area contributed by atoms with Gasteiger partial charge in [-0.2, -0.15) is 5.10 Å². The molecule has 0 unspecified atom stereocenters. The summed E-state index contributed by atoms with van der Waals surface area (Å²) < 4.78 is 7.31. The van der Waals surface area contributed by atoms with E-state index in [1.54, 1.807) is 19.1 Å². The van der Waals surface area contributed by atoms with Crippen LogP contribution >= 0.6 is 0 Å². The van der Waals surface area contributed by atoms with Gasteiger partial charge in [0.25, 0.3) is 0 Å². The molecule has 2 rings (SSSR count). The molecule has 1 N–H and O–H groups in total. The maximum atomic E-state index is 12.5. The van der Waals surface area contributed by atoms with Gasteiger partial charge in [-0.05, 0) is 57.4 Å². The van der Waals surface area contributed by atoms with Crippen molar-refractivity contribution < 1.29 is 9.53 Å². The summed E-state index contributed by atoms with van der Waals surface area (Å²) in [5.41, 5.74) is 5.18. The number of hydrogen-bond acceptors (Lipinski definition) is 3. The number of carbonyl (C=O) groups is 1. The van der Waals surface area contributed by atoms with Crippen LogP contribution in [-0.4, -0.2) is 41.4 Å². The number of urea groups is 1. The molecule has 6 nitrogen and oxygen atoms in total.